The molecule has 0 aliphatic carbocycles. The highest BCUT2D eigenvalue weighted by Gasteiger charge is 2.81. The number of thioether (sulfide) groups is 1. The molecule has 4 nitrogen and oxygen atoms in total. The first kappa shape index (κ1) is 39.7. The molecule has 3 unspecified atom stereocenters. The third-order valence-electron chi connectivity index (χ3n) is 9.13. The summed E-state index contributed by atoms with van der Waals surface area (Å²) in [6.45, 7) is 3.44. The van der Waals surface area contributed by atoms with Gasteiger partial charge in [-0.25, -0.2) is 0 Å². The molecule has 0 amide bonds. The first-order valence-corrected chi connectivity index (χ1v) is 16.9. The summed E-state index contributed by atoms with van der Waals surface area (Å²) in [6, 6.07) is 12.5. The number of rotatable bonds is 17. The fourth-order valence-corrected chi connectivity index (χ4v) is 7.62. The highest BCUT2D eigenvalue weighted by Crippen LogP contribution is 2.55. The molecule has 3 rings (SSSR count). The standard InChI is InChI=1S/C34H41F9O4S/c1-3-47-29(46)22(18-19-31(35,36)32(37,38)33(39,40)34(41,42)43)10-8-6-4-5-7-9-11-27-26-17-16-25(45)20-28(26)48-21-30(27,2)23-12-14-24(44)15-13-23/h12-17,20,22,27,44-45H,3-11,18-19,21H2,1-2H3. The molecule has 1 aliphatic heterocycles. The Bertz CT molecular complexity index is 1350. The lowest BCUT2D eigenvalue weighted by Gasteiger charge is -2.43. The van der Waals surface area contributed by atoms with Crippen LogP contribution in [0.2, 0.25) is 0 Å². The van der Waals surface area contributed by atoms with Gasteiger partial charge in [0.1, 0.15) is 11.5 Å². The number of phenolic OH excluding ortho intramolecular Hbond substituents is 2. The van der Waals surface area contributed by atoms with E-state index in [1.165, 1.54) is 6.92 Å². The van der Waals surface area contributed by atoms with Gasteiger partial charge in [-0.05, 0) is 67.5 Å². The fourth-order valence-electron chi connectivity index (χ4n) is 6.21. The van der Waals surface area contributed by atoms with E-state index in [0.29, 0.717) is 19.3 Å². The Kier molecular flexibility index (Phi) is 13.1. The summed E-state index contributed by atoms with van der Waals surface area (Å²) in [5.41, 5.74) is 1.98. The van der Waals surface area contributed by atoms with Crippen molar-refractivity contribution in [2.75, 3.05) is 12.4 Å². The van der Waals surface area contributed by atoms with Crippen molar-refractivity contribution in [3.05, 3.63) is 53.6 Å². The second-order valence-electron chi connectivity index (χ2n) is 12.6. The van der Waals surface area contributed by atoms with Crippen LogP contribution in [0.5, 0.6) is 11.5 Å². The van der Waals surface area contributed by atoms with E-state index in [0.717, 1.165) is 47.5 Å². The number of hydrogen-bond acceptors (Lipinski definition) is 5. The van der Waals surface area contributed by atoms with Gasteiger partial charge in [-0.1, -0.05) is 63.6 Å². The number of aromatic hydroxyl groups is 2. The zero-order valence-corrected chi connectivity index (χ0v) is 27.5. The van der Waals surface area contributed by atoms with Crippen molar-refractivity contribution >= 4 is 17.7 Å². The van der Waals surface area contributed by atoms with Gasteiger partial charge in [0.15, 0.2) is 0 Å². The van der Waals surface area contributed by atoms with Gasteiger partial charge < -0.3 is 14.9 Å². The zero-order valence-electron chi connectivity index (χ0n) is 26.7. The van der Waals surface area contributed by atoms with E-state index in [2.05, 4.69) is 6.92 Å². The van der Waals surface area contributed by atoms with Gasteiger partial charge in [0.2, 0.25) is 0 Å². The van der Waals surface area contributed by atoms with Gasteiger partial charge in [0.05, 0.1) is 12.5 Å². The zero-order chi connectivity index (χ0) is 36.0. The maximum atomic E-state index is 14.1. The Labute approximate surface area is 278 Å². The van der Waals surface area contributed by atoms with E-state index in [4.69, 9.17) is 4.74 Å². The number of benzene rings is 2. The maximum absolute atomic E-state index is 14.1. The van der Waals surface area contributed by atoms with Crippen LogP contribution in [-0.4, -0.2) is 52.5 Å². The van der Waals surface area contributed by atoms with Crippen molar-refractivity contribution in [3.8, 4) is 11.5 Å². The average Bonchev–Trinajstić information content (AvgIpc) is 3.00. The minimum absolute atomic E-state index is 0.0789. The number of fused-ring (bicyclic) bond motifs is 1. The summed E-state index contributed by atoms with van der Waals surface area (Å²) < 4.78 is 124. The Hall–Kier alpha value is -2.77. The molecule has 2 N–H and O–H groups in total. The number of phenols is 2. The van der Waals surface area contributed by atoms with Crippen molar-refractivity contribution in [1.29, 1.82) is 0 Å². The lowest BCUT2D eigenvalue weighted by Crippen LogP contribution is -2.60. The molecule has 1 heterocycles. The SMILES string of the molecule is CCOC(=O)C(CCCCCCCCC1c2ccc(O)cc2SCC1(C)c1ccc(O)cc1)CCC(F)(F)C(F)(F)C(F)(F)C(F)(F)F. The normalized spacial score (nSPS) is 19.5. The molecule has 3 atom stereocenters. The summed E-state index contributed by atoms with van der Waals surface area (Å²) in [7, 11) is 0. The number of hydrogen-bond donors (Lipinski definition) is 2. The predicted molar refractivity (Wildman–Crippen MR) is 164 cm³/mol. The van der Waals surface area contributed by atoms with Crippen molar-refractivity contribution in [2.45, 2.75) is 118 Å². The molecule has 0 spiro atoms. The van der Waals surface area contributed by atoms with Gasteiger partial charge in [0, 0.05) is 22.5 Å². The molecule has 0 bridgehead atoms. The molecule has 2 aromatic carbocycles. The van der Waals surface area contributed by atoms with Crippen LogP contribution < -0.4 is 0 Å². The highest BCUT2D eigenvalue weighted by molar-refractivity contribution is 7.99. The number of esters is 1. The summed E-state index contributed by atoms with van der Waals surface area (Å²) >= 11 is 1.67. The Morgan fingerprint density at radius 2 is 1.44 bits per heavy atom. The maximum Gasteiger partial charge on any atom is 0.460 e. The Morgan fingerprint density at radius 1 is 0.854 bits per heavy atom. The molecule has 270 valence electrons. The van der Waals surface area contributed by atoms with Crippen LogP contribution in [0.25, 0.3) is 0 Å². The smallest absolute Gasteiger partial charge is 0.460 e. The van der Waals surface area contributed by atoms with Crippen molar-refractivity contribution in [1.82, 2.24) is 0 Å². The highest BCUT2D eigenvalue weighted by atomic mass is 32.2. The Morgan fingerprint density at radius 3 is 2.04 bits per heavy atom. The molecule has 1 aliphatic rings. The van der Waals surface area contributed by atoms with Gasteiger partial charge >= 0.3 is 29.9 Å². The van der Waals surface area contributed by atoms with Gasteiger partial charge in [-0.15, -0.1) is 11.8 Å². The summed E-state index contributed by atoms with van der Waals surface area (Å²) in [6.07, 6.45) is -5.19. The molecule has 0 saturated carbocycles. The topological polar surface area (TPSA) is 66.8 Å². The largest absolute Gasteiger partial charge is 0.508 e. The van der Waals surface area contributed by atoms with E-state index >= 15 is 0 Å². The van der Waals surface area contributed by atoms with Crippen LogP contribution in [0.3, 0.4) is 0 Å². The summed E-state index contributed by atoms with van der Waals surface area (Å²) in [5, 5.41) is 19.8. The molecule has 0 radical (unpaired) electrons. The van der Waals surface area contributed by atoms with Crippen molar-refractivity contribution < 1.29 is 59.3 Å². The van der Waals surface area contributed by atoms with Crippen LogP contribution in [0.15, 0.2) is 47.4 Å². The van der Waals surface area contributed by atoms with Crippen LogP contribution in [0.1, 0.15) is 95.1 Å². The average molecular weight is 717 g/mol. The van der Waals surface area contributed by atoms with E-state index in [1.807, 2.05) is 18.2 Å². The van der Waals surface area contributed by atoms with Crippen molar-refractivity contribution in [3.63, 3.8) is 0 Å². The van der Waals surface area contributed by atoms with Crippen LogP contribution in [0.4, 0.5) is 39.5 Å². The van der Waals surface area contributed by atoms with Gasteiger partial charge in [-0.3, -0.25) is 4.79 Å². The Balaban J connectivity index is 1.53. The summed E-state index contributed by atoms with van der Waals surface area (Å²) in [5.74, 6) is -20.5. The van der Waals surface area contributed by atoms with Crippen LogP contribution >= 0.6 is 11.8 Å². The first-order chi connectivity index (χ1) is 22.3. The minimum Gasteiger partial charge on any atom is -0.508 e. The quantitative estimate of drug-likeness (QED) is 0.0969. The fraction of sp³-hybridized carbons (Fsp3) is 0.618. The predicted octanol–water partition coefficient (Wildman–Crippen LogP) is 10.8. The lowest BCUT2D eigenvalue weighted by molar-refractivity contribution is -0.396. The lowest BCUT2D eigenvalue weighted by atomic mass is 9.68. The first-order valence-electron chi connectivity index (χ1n) is 15.9. The molecular formula is C34H41F9O4S. The molecule has 0 fully saturated rings. The number of unbranched alkanes of at least 4 members (excludes halogenated alkanes) is 5. The van der Waals surface area contributed by atoms with Gasteiger partial charge in [0.25, 0.3) is 0 Å². The summed E-state index contributed by atoms with van der Waals surface area (Å²) in [4.78, 5) is 13.3. The number of halogens is 9. The van der Waals surface area contributed by atoms with Gasteiger partial charge in [-0.2, -0.15) is 39.5 Å². The van der Waals surface area contributed by atoms with E-state index in [1.54, 1.807) is 36.0 Å². The minimum atomic E-state index is -6.96. The second kappa shape index (κ2) is 15.8. The van der Waals surface area contributed by atoms with E-state index < -0.39 is 48.7 Å². The molecular weight excluding hydrogens is 675 g/mol. The number of carbonyl (C=O) groups is 1. The van der Waals surface area contributed by atoms with E-state index in [-0.39, 0.29) is 35.9 Å². The van der Waals surface area contributed by atoms with Crippen LogP contribution in [0, 0.1) is 5.92 Å². The van der Waals surface area contributed by atoms with Crippen molar-refractivity contribution in [2.24, 2.45) is 5.92 Å². The monoisotopic (exact) mass is 716 g/mol. The third kappa shape index (κ3) is 8.87. The molecule has 0 saturated heterocycles. The molecule has 0 aromatic heterocycles. The molecule has 2 aromatic rings. The molecule has 48 heavy (non-hydrogen) atoms. The van der Waals surface area contributed by atoms with Crippen LogP contribution in [-0.2, 0) is 14.9 Å². The number of alkyl halides is 9. The van der Waals surface area contributed by atoms with E-state index in [9.17, 15) is 54.5 Å². The number of ether oxygens (including phenoxy) is 1. The third-order valence-corrected chi connectivity index (χ3v) is 10.5. The second-order valence-corrected chi connectivity index (χ2v) is 13.6. The number of carbonyl (C=O) groups excluding carboxylic acids is 1. The molecule has 14 heteroatoms.